The molecule has 0 radical (unpaired) electrons. The van der Waals surface area contributed by atoms with Crippen molar-refractivity contribution in [2.75, 3.05) is 6.61 Å². The van der Waals surface area contributed by atoms with Gasteiger partial charge in [0.2, 0.25) is 0 Å². The summed E-state index contributed by atoms with van der Waals surface area (Å²) in [6.07, 6.45) is -3.80. The van der Waals surface area contributed by atoms with Crippen molar-refractivity contribution in [2.24, 2.45) is 11.8 Å². The molecule has 1 aliphatic carbocycles. The number of para-hydroxylation sites is 1. The third-order valence-electron chi connectivity index (χ3n) is 5.34. The van der Waals surface area contributed by atoms with Gasteiger partial charge in [0.1, 0.15) is 11.5 Å². The van der Waals surface area contributed by atoms with Crippen LogP contribution in [-0.4, -0.2) is 17.7 Å². The summed E-state index contributed by atoms with van der Waals surface area (Å²) in [5.41, 5.74) is -1.01. The molecule has 4 rings (SSSR count). The quantitative estimate of drug-likeness (QED) is 0.543. The molecule has 9 heteroatoms. The first-order chi connectivity index (χ1) is 14.6. The van der Waals surface area contributed by atoms with Crippen molar-refractivity contribution in [3.05, 3.63) is 63.3 Å². The summed E-state index contributed by atoms with van der Waals surface area (Å²) in [4.78, 5) is 23.4. The van der Waals surface area contributed by atoms with Crippen LogP contribution in [0.3, 0.4) is 0 Å². The number of alkyl halides is 3. The molecule has 1 fully saturated rings. The molecule has 3 aromatic rings. The molecule has 1 aliphatic rings. The van der Waals surface area contributed by atoms with E-state index in [0.717, 1.165) is 12.1 Å². The molecule has 0 amide bonds. The minimum atomic E-state index is -4.59. The highest BCUT2D eigenvalue weighted by atomic mass is 35.5. The Hall–Kier alpha value is -3.00. The minimum absolute atomic E-state index is 0.0198. The lowest BCUT2D eigenvalue weighted by Gasteiger charge is -2.32. The maximum Gasteiger partial charge on any atom is 0.416 e. The number of fused-ring (bicyclic) bond motifs is 1. The van der Waals surface area contributed by atoms with Crippen LogP contribution in [-0.2, 0) is 11.0 Å². The van der Waals surface area contributed by atoms with Gasteiger partial charge < -0.3 is 14.3 Å². The maximum absolute atomic E-state index is 13.2. The normalized spacial score (nSPS) is 18.6. The Balaban J connectivity index is 1.72. The molecule has 1 heterocycles. The third-order valence-corrected chi connectivity index (χ3v) is 5.64. The highest BCUT2D eigenvalue weighted by Gasteiger charge is 2.35. The lowest BCUT2D eigenvalue weighted by atomic mass is 9.75. The van der Waals surface area contributed by atoms with Gasteiger partial charge >= 0.3 is 12.1 Å². The number of benzene rings is 2. The van der Waals surface area contributed by atoms with E-state index >= 15 is 0 Å². The SMILES string of the molecule is O=C(O)C1CC(COc2cc(C(F)(F)F)ccc2-c2cc(=O)c3cccc(Cl)c3o2)C1. The van der Waals surface area contributed by atoms with Crippen LogP contribution in [0.5, 0.6) is 5.75 Å². The number of rotatable bonds is 5. The number of carboxylic acids is 1. The Morgan fingerprint density at radius 2 is 1.94 bits per heavy atom. The van der Waals surface area contributed by atoms with Crippen molar-refractivity contribution in [1.29, 1.82) is 0 Å². The molecular weight excluding hydrogens is 437 g/mol. The monoisotopic (exact) mass is 452 g/mol. The van der Waals surface area contributed by atoms with E-state index in [4.69, 9.17) is 25.9 Å². The second kappa shape index (κ2) is 7.92. The zero-order chi connectivity index (χ0) is 22.3. The van der Waals surface area contributed by atoms with E-state index in [1.54, 1.807) is 6.07 Å². The summed E-state index contributed by atoms with van der Waals surface area (Å²) in [5, 5.41) is 9.42. The molecule has 2 aromatic carbocycles. The zero-order valence-corrected chi connectivity index (χ0v) is 16.7. The number of hydrogen-bond acceptors (Lipinski definition) is 4. The van der Waals surface area contributed by atoms with E-state index in [1.807, 2.05) is 0 Å². The van der Waals surface area contributed by atoms with E-state index in [2.05, 4.69) is 0 Å². The van der Waals surface area contributed by atoms with Crippen LogP contribution in [0.4, 0.5) is 13.2 Å². The number of halogens is 4. The van der Waals surface area contributed by atoms with Gasteiger partial charge in [0, 0.05) is 6.07 Å². The lowest BCUT2D eigenvalue weighted by molar-refractivity contribution is -0.146. The lowest BCUT2D eigenvalue weighted by Crippen LogP contribution is -2.33. The van der Waals surface area contributed by atoms with E-state index in [1.165, 1.54) is 24.3 Å². The summed E-state index contributed by atoms with van der Waals surface area (Å²) in [7, 11) is 0. The summed E-state index contributed by atoms with van der Waals surface area (Å²) in [6.45, 7) is 0.0522. The molecular formula is C22H16ClF3O5. The molecule has 0 bridgehead atoms. The van der Waals surface area contributed by atoms with E-state index in [0.29, 0.717) is 12.8 Å². The van der Waals surface area contributed by atoms with Gasteiger partial charge in [0.25, 0.3) is 0 Å². The molecule has 31 heavy (non-hydrogen) atoms. The summed E-state index contributed by atoms with van der Waals surface area (Å²) < 4.78 is 51.1. The Morgan fingerprint density at radius 3 is 2.61 bits per heavy atom. The van der Waals surface area contributed by atoms with Gasteiger partial charge in [-0.05, 0) is 49.1 Å². The maximum atomic E-state index is 13.2. The van der Waals surface area contributed by atoms with Crippen molar-refractivity contribution < 1.29 is 32.2 Å². The Labute approximate surface area is 179 Å². The Bertz CT molecular complexity index is 1210. The van der Waals surface area contributed by atoms with Crippen LogP contribution in [0, 0.1) is 11.8 Å². The minimum Gasteiger partial charge on any atom is -0.493 e. The fourth-order valence-corrected chi connectivity index (χ4v) is 3.79. The molecule has 1 aromatic heterocycles. The molecule has 5 nitrogen and oxygen atoms in total. The first-order valence-corrected chi connectivity index (χ1v) is 9.81. The van der Waals surface area contributed by atoms with Gasteiger partial charge in [-0.15, -0.1) is 0 Å². The van der Waals surface area contributed by atoms with Crippen LogP contribution in [0.2, 0.25) is 5.02 Å². The van der Waals surface area contributed by atoms with Crippen molar-refractivity contribution in [2.45, 2.75) is 19.0 Å². The van der Waals surface area contributed by atoms with Crippen molar-refractivity contribution in [3.63, 3.8) is 0 Å². The second-order valence-corrected chi connectivity index (χ2v) is 7.89. The average Bonchev–Trinajstić information content (AvgIpc) is 2.66. The molecule has 0 unspecified atom stereocenters. The first kappa shape index (κ1) is 21.2. The van der Waals surface area contributed by atoms with Crippen molar-refractivity contribution in [1.82, 2.24) is 0 Å². The Morgan fingerprint density at radius 1 is 1.19 bits per heavy atom. The smallest absolute Gasteiger partial charge is 0.416 e. The molecule has 0 atom stereocenters. The molecule has 1 saturated carbocycles. The molecule has 0 spiro atoms. The summed E-state index contributed by atoms with van der Waals surface area (Å²) in [6, 6.07) is 8.75. The van der Waals surface area contributed by atoms with Gasteiger partial charge in [-0.1, -0.05) is 17.7 Å². The fraction of sp³-hybridized carbons (Fsp3) is 0.273. The highest BCUT2D eigenvalue weighted by molar-refractivity contribution is 6.34. The molecule has 162 valence electrons. The summed E-state index contributed by atoms with van der Waals surface area (Å²) in [5.74, 6) is -1.53. The molecule has 0 saturated heterocycles. The van der Waals surface area contributed by atoms with Crippen LogP contribution in [0.25, 0.3) is 22.3 Å². The van der Waals surface area contributed by atoms with Crippen molar-refractivity contribution in [3.8, 4) is 17.1 Å². The number of carboxylic acid groups (broad SMARTS) is 1. The highest BCUT2D eigenvalue weighted by Crippen LogP contribution is 2.40. The number of hydrogen-bond donors (Lipinski definition) is 1. The van der Waals surface area contributed by atoms with Crippen LogP contribution in [0.15, 0.2) is 51.7 Å². The number of carbonyl (C=O) groups is 1. The third kappa shape index (κ3) is 4.25. The van der Waals surface area contributed by atoms with Crippen LogP contribution in [0.1, 0.15) is 18.4 Å². The Kier molecular flexibility index (Phi) is 5.43. The van der Waals surface area contributed by atoms with Gasteiger partial charge in [-0.2, -0.15) is 13.2 Å². The summed E-state index contributed by atoms with van der Waals surface area (Å²) >= 11 is 6.12. The van der Waals surface area contributed by atoms with Gasteiger partial charge in [0.05, 0.1) is 34.1 Å². The van der Waals surface area contributed by atoms with Gasteiger partial charge in [-0.25, -0.2) is 0 Å². The van der Waals surface area contributed by atoms with Crippen LogP contribution >= 0.6 is 11.6 Å². The number of ether oxygens (including phenoxy) is 1. The number of aliphatic carboxylic acids is 1. The second-order valence-electron chi connectivity index (χ2n) is 7.48. The topological polar surface area (TPSA) is 76.7 Å². The standard InChI is InChI=1S/C22H16ClF3O5/c23-16-3-1-2-14-17(27)9-19(31-20(14)16)15-5-4-13(22(24,25)26)8-18(15)30-10-11-6-12(7-11)21(28)29/h1-5,8-9,11-12H,6-7,10H2,(H,28,29). The van der Waals surface area contributed by atoms with Gasteiger partial charge in [-0.3, -0.25) is 9.59 Å². The zero-order valence-electron chi connectivity index (χ0n) is 15.9. The van der Waals surface area contributed by atoms with E-state index in [-0.39, 0.29) is 45.6 Å². The van der Waals surface area contributed by atoms with Crippen molar-refractivity contribution >= 4 is 28.5 Å². The van der Waals surface area contributed by atoms with Crippen LogP contribution < -0.4 is 10.2 Å². The fourth-order valence-electron chi connectivity index (χ4n) is 3.58. The molecule has 0 aliphatic heterocycles. The predicted molar refractivity (Wildman–Crippen MR) is 107 cm³/mol. The first-order valence-electron chi connectivity index (χ1n) is 9.43. The predicted octanol–water partition coefficient (Wildman–Crippen LogP) is 5.62. The largest absolute Gasteiger partial charge is 0.493 e. The van der Waals surface area contributed by atoms with E-state index < -0.39 is 29.1 Å². The van der Waals surface area contributed by atoms with Gasteiger partial charge in [0.15, 0.2) is 11.0 Å². The molecule has 1 N–H and O–H groups in total. The average molecular weight is 453 g/mol. The van der Waals surface area contributed by atoms with E-state index in [9.17, 15) is 22.8 Å².